The van der Waals surface area contributed by atoms with Crippen LogP contribution in [0.1, 0.15) is 64.2 Å². The molecule has 3 aromatic rings. The fourth-order valence-corrected chi connectivity index (χ4v) is 5.06. The number of rotatable bonds is 7. The van der Waals surface area contributed by atoms with E-state index in [2.05, 4.69) is 20.6 Å². The highest BCUT2D eigenvalue weighted by Crippen LogP contribution is 2.31. The number of amides is 2. The molecular weight excluding hydrogens is 470 g/mol. The van der Waals surface area contributed by atoms with Crippen molar-refractivity contribution in [2.45, 2.75) is 51.5 Å². The van der Waals surface area contributed by atoms with Crippen molar-refractivity contribution in [3.63, 3.8) is 0 Å². The fraction of sp³-hybridized carbons (Fsp3) is 0.357. The maximum atomic E-state index is 13.2. The first kappa shape index (κ1) is 24.5. The van der Waals surface area contributed by atoms with Crippen LogP contribution in [0.4, 0.5) is 17.1 Å². The normalized spacial score (nSPS) is 15.1. The van der Waals surface area contributed by atoms with E-state index < -0.39 is 5.97 Å². The highest BCUT2D eigenvalue weighted by molar-refractivity contribution is 6.09. The molecule has 2 aliphatic rings. The number of carboxylic acid groups (broad SMARTS) is 1. The number of aromatic nitrogens is 2. The molecule has 0 saturated carbocycles. The Labute approximate surface area is 215 Å². The Kier molecular flexibility index (Phi) is 7.20. The Balaban J connectivity index is 1.42. The Morgan fingerprint density at radius 2 is 1.59 bits per heavy atom. The molecule has 0 aliphatic carbocycles. The van der Waals surface area contributed by atoms with Gasteiger partial charge >= 0.3 is 5.97 Å². The maximum Gasteiger partial charge on any atom is 0.307 e. The van der Waals surface area contributed by atoms with Gasteiger partial charge in [0, 0.05) is 36.6 Å². The van der Waals surface area contributed by atoms with Gasteiger partial charge in [0.25, 0.3) is 11.8 Å². The molecule has 37 heavy (non-hydrogen) atoms. The molecule has 192 valence electrons. The average Bonchev–Trinajstić information content (AvgIpc) is 3.35. The van der Waals surface area contributed by atoms with Crippen LogP contribution < -0.4 is 15.5 Å². The van der Waals surface area contributed by atoms with Crippen molar-refractivity contribution in [1.29, 1.82) is 0 Å². The monoisotopic (exact) mass is 501 g/mol. The van der Waals surface area contributed by atoms with Crippen molar-refractivity contribution in [2.75, 3.05) is 28.6 Å². The predicted octanol–water partition coefficient (Wildman–Crippen LogP) is 4.34. The number of anilines is 3. The zero-order valence-electron chi connectivity index (χ0n) is 20.7. The molecule has 9 nitrogen and oxygen atoms in total. The molecule has 2 aliphatic heterocycles. The van der Waals surface area contributed by atoms with Crippen LogP contribution in [-0.2, 0) is 24.2 Å². The fourth-order valence-electron chi connectivity index (χ4n) is 5.06. The summed E-state index contributed by atoms with van der Waals surface area (Å²) < 4.78 is 1.91. The van der Waals surface area contributed by atoms with Gasteiger partial charge in [-0.15, -0.1) is 0 Å². The van der Waals surface area contributed by atoms with Crippen LogP contribution in [0.3, 0.4) is 0 Å². The lowest BCUT2D eigenvalue weighted by atomic mass is 10.1. The zero-order valence-corrected chi connectivity index (χ0v) is 20.7. The van der Waals surface area contributed by atoms with Crippen LogP contribution in [-0.4, -0.2) is 45.8 Å². The van der Waals surface area contributed by atoms with Crippen molar-refractivity contribution < 1.29 is 19.5 Å². The number of hydrogen-bond acceptors (Lipinski definition) is 5. The third kappa shape index (κ3) is 5.66. The second kappa shape index (κ2) is 10.9. The van der Waals surface area contributed by atoms with Crippen molar-refractivity contribution >= 4 is 34.8 Å². The number of benzene rings is 2. The van der Waals surface area contributed by atoms with E-state index in [0.717, 1.165) is 63.1 Å². The Morgan fingerprint density at radius 1 is 0.838 bits per heavy atom. The summed E-state index contributed by atoms with van der Waals surface area (Å²) in [5.74, 6) is -1.65. The summed E-state index contributed by atoms with van der Waals surface area (Å²) >= 11 is 0. The van der Waals surface area contributed by atoms with E-state index in [1.54, 1.807) is 36.4 Å². The van der Waals surface area contributed by atoms with Crippen LogP contribution in [0, 0.1) is 0 Å². The SMILES string of the molecule is O=C(O)Cc1ccccc1NC(=O)c1ccc(N2CCCCC2)c(NC(=O)c2cc3n(n2)CCCC3)c1. The van der Waals surface area contributed by atoms with Gasteiger partial charge in [-0.25, -0.2) is 0 Å². The number of carbonyl (C=O) groups is 3. The summed E-state index contributed by atoms with van der Waals surface area (Å²) in [5.41, 5.74) is 4.21. The molecule has 5 rings (SSSR count). The minimum absolute atomic E-state index is 0.194. The van der Waals surface area contributed by atoms with Gasteiger partial charge < -0.3 is 20.6 Å². The molecule has 1 fully saturated rings. The topological polar surface area (TPSA) is 117 Å². The van der Waals surface area contributed by atoms with Gasteiger partial charge in [-0.1, -0.05) is 18.2 Å². The zero-order chi connectivity index (χ0) is 25.8. The van der Waals surface area contributed by atoms with Crippen LogP contribution in [0.2, 0.25) is 0 Å². The van der Waals surface area contributed by atoms with Gasteiger partial charge in [0.2, 0.25) is 0 Å². The maximum absolute atomic E-state index is 13.2. The van der Waals surface area contributed by atoms with E-state index in [1.165, 1.54) is 6.42 Å². The molecular formula is C28H31N5O4. The summed E-state index contributed by atoms with van der Waals surface area (Å²) in [6.45, 7) is 2.59. The second-order valence-corrected chi connectivity index (χ2v) is 9.62. The molecule has 2 aromatic carbocycles. The van der Waals surface area contributed by atoms with Crippen molar-refractivity contribution in [3.05, 3.63) is 71.0 Å². The van der Waals surface area contributed by atoms with Gasteiger partial charge in [0.05, 0.1) is 17.8 Å². The highest BCUT2D eigenvalue weighted by Gasteiger charge is 2.22. The molecule has 3 heterocycles. The first-order chi connectivity index (χ1) is 18.0. The van der Waals surface area contributed by atoms with Crippen molar-refractivity contribution in [1.82, 2.24) is 9.78 Å². The molecule has 0 atom stereocenters. The largest absolute Gasteiger partial charge is 0.481 e. The van der Waals surface area contributed by atoms with E-state index in [4.69, 9.17) is 0 Å². The number of fused-ring (bicyclic) bond motifs is 1. The lowest BCUT2D eigenvalue weighted by molar-refractivity contribution is -0.136. The summed E-state index contributed by atoms with van der Waals surface area (Å²) in [5, 5.41) is 19.5. The summed E-state index contributed by atoms with van der Waals surface area (Å²) in [7, 11) is 0. The number of aryl methyl sites for hydroxylation is 2. The van der Waals surface area contributed by atoms with Crippen molar-refractivity contribution in [2.24, 2.45) is 0 Å². The highest BCUT2D eigenvalue weighted by atomic mass is 16.4. The third-order valence-electron chi connectivity index (χ3n) is 6.96. The Hall–Kier alpha value is -4.14. The van der Waals surface area contributed by atoms with E-state index in [-0.39, 0.29) is 18.2 Å². The van der Waals surface area contributed by atoms with Crippen molar-refractivity contribution in [3.8, 4) is 0 Å². The molecule has 1 saturated heterocycles. The molecule has 2 amide bonds. The van der Waals surface area contributed by atoms with Gasteiger partial charge in [-0.3, -0.25) is 19.1 Å². The first-order valence-corrected chi connectivity index (χ1v) is 12.9. The number of carboxylic acids is 1. The smallest absolute Gasteiger partial charge is 0.307 e. The number of piperidine rings is 1. The van der Waals surface area contributed by atoms with Crippen LogP contribution in [0.5, 0.6) is 0 Å². The Morgan fingerprint density at radius 3 is 2.38 bits per heavy atom. The number of nitrogens with one attached hydrogen (secondary N) is 2. The minimum Gasteiger partial charge on any atom is -0.481 e. The third-order valence-corrected chi connectivity index (χ3v) is 6.96. The van der Waals surface area contributed by atoms with Crippen LogP contribution >= 0.6 is 0 Å². The summed E-state index contributed by atoms with van der Waals surface area (Å²) in [6.07, 6.45) is 6.20. The van der Waals surface area contributed by atoms with E-state index in [9.17, 15) is 19.5 Å². The number of hydrogen-bond donors (Lipinski definition) is 3. The molecule has 0 spiro atoms. The predicted molar refractivity (Wildman–Crippen MR) is 141 cm³/mol. The molecule has 3 N–H and O–H groups in total. The number of aliphatic carboxylic acids is 1. The quantitative estimate of drug-likeness (QED) is 0.443. The molecule has 0 bridgehead atoms. The van der Waals surface area contributed by atoms with Crippen LogP contribution in [0.25, 0.3) is 0 Å². The number of carbonyl (C=O) groups excluding carboxylic acids is 2. The van der Waals surface area contributed by atoms with Gasteiger partial charge in [0.1, 0.15) is 0 Å². The molecule has 0 radical (unpaired) electrons. The number of para-hydroxylation sites is 1. The van der Waals surface area contributed by atoms with E-state index in [1.807, 2.05) is 16.8 Å². The van der Waals surface area contributed by atoms with Gasteiger partial charge in [-0.05, 0) is 74.4 Å². The van der Waals surface area contributed by atoms with E-state index >= 15 is 0 Å². The summed E-state index contributed by atoms with van der Waals surface area (Å²) in [4.78, 5) is 39.9. The van der Waals surface area contributed by atoms with E-state index in [0.29, 0.717) is 28.2 Å². The molecule has 0 unspecified atom stereocenters. The van der Waals surface area contributed by atoms with Crippen LogP contribution in [0.15, 0.2) is 48.5 Å². The average molecular weight is 502 g/mol. The standard InChI is InChI=1S/C28H31N5O4/c34-26(35)17-19-8-2-3-10-22(19)29-27(36)20-11-12-25(32-13-5-1-6-14-32)23(16-20)30-28(37)24-18-21-9-4-7-15-33(21)31-24/h2-3,8,10-12,16,18H,1,4-7,9,13-15,17H2,(H,29,36)(H,30,37)(H,34,35). The number of nitrogens with zero attached hydrogens (tertiary/aromatic N) is 3. The lowest BCUT2D eigenvalue weighted by Crippen LogP contribution is -2.30. The van der Waals surface area contributed by atoms with Gasteiger partial charge in [0.15, 0.2) is 5.69 Å². The molecule has 9 heteroatoms. The first-order valence-electron chi connectivity index (χ1n) is 12.9. The molecule has 1 aromatic heterocycles. The summed E-state index contributed by atoms with van der Waals surface area (Å²) in [6, 6.07) is 14.0. The second-order valence-electron chi connectivity index (χ2n) is 9.62. The minimum atomic E-state index is -0.974. The Bertz CT molecular complexity index is 1300. The van der Waals surface area contributed by atoms with Gasteiger partial charge in [-0.2, -0.15) is 5.10 Å². The lowest BCUT2D eigenvalue weighted by Gasteiger charge is -2.30.